The van der Waals surface area contributed by atoms with Gasteiger partial charge in [0.05, 0.1) is 10.6 Å². The van der Waals surface area contributed by atoms with E-state index in [1.807, 2.05) is 6.26 Å². The lowest BCUT2D eigenvalue weighted by Gasteiger charge is -2.14. The third kappa shape index (κ3) is 4.93. The number of thioether (sulfide) groups is 1. The molecule has 0 spiro atoms. The number of benzene rings is 1. The van der Waals surface area contributed by atoms with Gasteiger partial charge in [0.25, 0.3) is 5.91 Å². The quantitative estimate of drug-likeness (QED) is 0.845. The van der Waals surface area contributed by atoms with Crippen molar-refractivity contribution < 1.29 is 14.7 Å². The van der Waals surface area contributed by atoms with Crippen LogP contribution in [-0.4, -0.2) is 35.0 Å². The molecule has 0 radical (unpaired) electrons. The molecule has 0 fully saturated rings. The fourth-order valence-corrected chi connectivity index (χ4v) is 2.25. The molecule has 104 valence electrons. The molecule has 1 atom stereocenters. The van der Waals surface area contributed by atoms with Crippen LogP contribution in [0.4, 0.5) is 0 Å². The topological polar surface area (TPSA) is 66.4 Å². The van der Waals surface area contributed by atoms with Gasteiger partial charge in [-0.05, 0) is 36.6 Å². The van der Waals surface area contributed by atoms with Gasteiger partial charge in [0.1, 0.15) is 6.04 Å². The summed E-state index contributed by atoms with van der Waals surface area (Å²) in [5.41, 5.74) is 0.171. The maximum atomic E-state index is 12.0. The number of nitrogens with one attached hydrogen (secondary N) is 1. The fourth-order valence-electron chi connectivity index (χ4n) is 1.40. The van der Waals surface area contributed by atoms with Crippen molar-refractivity contribution in [2.24, 2.45) is 0 Å². The molecule has 0 bridgehead atoms. The van der Waals surface area contributed by atoms with Gasteiger partial charge in [0, 0.05) is 5.02 Å². The van der Waals surface area contributed by atoms with Crippen molar-refractivity contribution in [2.45, 2.75) is 12.5 Å². The zero-order chi connectivity index (χ0) is 14.4. The zero-order valence-corrected chi connectivity index (χ0v) is 12.5. The second kappa shape index (κ2) is 7.62. The smallest absolute Gasteiger partial charge is 0.326 e. The number of halogens is 2. The third-order valence-corrected chi connectivity index (χ3v) is 3.60. The van der Waals surface area contributed by atoms with Gasteiger partial charge in [-0.2, -0.15) is 11.8 Å². The highest BCUT2D eigenvalue weighted by Crippen LogP contribution is 2.20. The SMILES string of the molecule is CSCC[C@H](NC(=O)c1cc(Cl)ccc1Cl)C(=O)O. The van der Waals surface area contributed by atoms with E-state index in [0.29, 0.717) is 17.2 Å². The van der Waals surface area contributed by atoms with E-state index in [1.165, 1.54) is 23.9 Å². The molecule has 1 aromatic rings. The molecule has 0 aliphatic rings. The van der Waals surface area contributed by atoms with Crippen molar-refractivity contribution in [3.63, 3.8) is 0 Å². The second-order valence-corrected chi connectivity index (χ2v) is 5.60. The van der Waals surface area contributed by atoms with Crippen molar-refractivity contribution in [1.29, 1.82) is 0 Å². The largest absolute Gasteiger partial charge is 0.480 e. The molecule has 0 aliphatic heterocycles. The normalized spacial score (nSPS) is 11.9. The summed E-state index contributed by atoms with van der Waals surface area (Å²) in [6, 6.07) is 3.53. The molecule has 0 heterocycles. The Kier molecular flexibility index (Phi) is 6.48. The minimum absolute atomic E-state index is 0.171. The standard InChI is InChI=1S/C12H13Cl2NO3S/c1-19-5-4-10(12(17)18)15-11(16)8-6-7(13)2-3-9(8)14/h2-3,6,10H,4-5H2,1H3,(H,15,16)(H,17,18)/t10-/m0/s1. The summed E-state index contributed by atoms with van der Waals surface area (Å²) in [5, 5.41) is 12.1. The Morgan fingerprint density at radius 1 is 1.42 bits per heavy atom. The average Bonchev–Trinajstić information content (AvgIpc) is 2.36. The van der Waals surface area contributed by atoms with E-state index >= 15 is 0 Å². The highest BCUT2D eigenvalue weighted by Gasteiger charge is 2.21. The molecule has 1 aromatic carbocycles. The minimum atomic E-state index is -1.07. The van der Waals surface area contributed by atoms with Crippen LogP contribution in [0.15, 0.2) is 18.2 Å². The zero-order valence-electron chi connectivity index (χ0n) is 10.2. The van der Waals surface area contributed by atoms with Crippen molar-refractivity contribution in [2.75, 3.05) is 12.0 Å². The van der Waals surface area contributed by atoms with E-state index in [9.17, 15) is 9.59 Å². The molecule has 0 saturated carbocycles. The van der Waals surface area contributed by atoms with Crippen molar-refractivity contribution >= 4 is 46.8 Å². The van der Waals surface area contributed by atoms with E-state index in [0.717, 1.165) is 0 Å². The first kappa shape index (κ1) is 16.1. The van der Waals surface area contributed by atoms with Crippen LogP contribution < -0.4 is 5.32 Å². The average molecular weight is 322 g/mol. The minimum Gasteiger partial charge on any atom is -0.480 e. The molecule has 0 aromatic heterocycles. The summed E-state index contributed by atoms with van der Waals surface area (Å²) >= 11 is 13.2. The van der Waals surface area contributed by atoms with Gasteiger partial charge in [0.15, 0.2) is 0 Å². The highest BCUT2D eigenvalue weighted by atomic mass is 35.5. The Bertz CT molecular complexity index is 482. The van der Waals surface area contributed by atoms with E-state index in [1.54, 1.807) is 6.07 Å². The number of hydrogen-bond acceptors (Lipinski definition) is 3. The first-order valence-electron chi connectivity index (χ1n) is 5.43. The number of carbonyl (C=O) groups is 2. The van der Waals surface area contributed by atoms with E-state index in [2.05, 4.69) is 5.32 Å². The van der Waals surface area contributed by atoms with Gasteiger partial charge in [0.2, 0.25) is 0 Å². The lowest BCUT2D eigenvalue weighted by atomic mass is 10.1. The molecule has 1 rings (SSSR count). The summed E-state index contributed by atoms with van der Waals surface area (Å²) in [4.78, 5) is 23.0. The van der Waals surface area contributed by atoms with Crippen molar-refractivity contribution in [3.8, 4) is 0 Å². The maximum Gasteiger partial charge on any atom is 0.326 e. The monoisotopic (exact) mass is 321 g/mol. The van der Waals surface area contributed by atoms with E-state index < -0.39 is 17.9 Å². The van der Waals surface area contributed by atoms with Crippen molar-refractivity contribution in [1.82, 2.24) is 5.32 Å². The highest BCUT2D eigenvalue weighted by molar-refractivity contribution is 7.98. The number of rotatable bonds is 6. The summed E-state index contributed by atoms with van der Waals surface area (Å²) in [5.74, 6) is -0.970. The van der Waals surface area contributed by atoms with Gasteiger partial charge < -0.3 is 10.4 Å². The predicted molar refractivity (Wildman–Crippen MR) is 78.4 cm³/mol. The number of carboxylic acid groups (broad SMARTS) is 1. The Morgan fingerprint density at radius 3 is 2.68 bits per heavy atom. The Labute approximate surface area is 125 Å². The lowest BCUT2D eigenvalue weighted by molar-refractivity contribution is -0.139. The summed E-state index contributed by atoms with van der Waals surface area (Å²) in [6.07, 6.45) is 2.22. The van der Waals surface area contributed by atoms with E-state index in [4.69, 9.17) is 28.3 Å². The Morgan fingerprint density at radius 2 is 2.11 bits per heavy atom. The molecule has 7 heteroatoms. The maximum absolute atomic E-state index is 12.0. The number of carbonyl (C=O) groups excluding carboxylic acids is 1. The number of amides is 1. The van der Waals surface area contributed by atoms with Crippen LogP contribution in [-0.2, 0) is 4.79 Å². The number of aliphatic carboxylic acids is 1. The van der Waals surface area contributed by atoms with Crippen LogP contribution >= 0.6 is 35.0 Å². The lowest BCUT2D eigenvalue weighted by Crippen LogP contribution is -2.41. The number of carboxylic acids is 1. The van der Waals surface area contributed by atoms with Crippen LogP contribution in [0.2, 0.25) is 10.0 Å². The van der Waals surface area contributed by atoms with Crippen LogP contribution in [0.5, 0.6) is 0 Å². The molecular formula is C12H13Cl2NO3S. The molecule has 0 saturated heterocycles. The van der Waals surface area contributed by atoms with Gasteiger partial charge in [-0.15, -0.1) is 0 Å². The van der Waals surface area contributed by atoms with E-state index in [-0.39, 0.29) is 10.6 Å². The van der Waals surface area contributed by atoms with Crippen molar-refractivity contribution in [3.05, 3.63) is 33.8 Å². The molecule has 2 N–H and O–H groups in total. The van der Waals surface area contributed by atoms with Gasteiger partial charge in [-0.1, -0.05) is 23.2 Å². The molecular weight excluding hydrogens is 309 g/mol. The van der Waals surface area contributed by atoms with Crippen LogP contribution in [0.25, 0.3) is 0 Å². The molecule has 19 heavy (non-hydrogen) atoms. The summed E-state index contributed by atoms with van der Waals surface area (Å²) in [6.45, 7) is 0. The molecule has 1 amide bonds. The summed E-state index contributed by atoms with van der Waals surface area (Å²) in [7, 11) is 0. The molecule has 4 nitrogen and oxygen atoms in total. The molecule has 0 unspecified atom stereocenters. The summed E-state index contributed by atoms with van der Waals surface area (Å²) < 4.78 is 0. The van der Waals surface area contributed by atoms with Crippen LogP contribution in [0, 0.1) is 0 Å². The van der Waals surface area contributed by atoms with Gasteiger partial charge >= 0.3 is 5.97 Å². The predicted octanol–water partition coefficient (Wildman–Crippen LogP) is 2.93. The molecule has 0 aliphatic carbocycles. The Hall–Kier alpha value is -0.910. The van der Waals surface area contributed by atoms with Crippen LogP contribution in [0.1, 0.15) is 16.8 Å². The Balaban J connectivity index is 2.81. The number of hydrogen-bond donors (Lipinski definition) is 2. The second-order valence-electron chi connectivity index (χ2n) is 3.77. The first-order valence-corrected chi connectivity index (χ1v) is 7.58. The first-order chi connectivity index (χ1) is 8.95. The fraction of sp³-hybridized carbons (Fsp3) is 0.333. The van der Waals surface area contributed by atoms with Gasteiger partial charge in [-0.25, -0.2) is 4.79 Å². The van der Waals surface area contributed by atoms with Crippen LogP contribution in [0.3, 0.4) is 0 Å². The third-order valence-electron chi connectivity index (χ3n) is 2.39. The van der Waals surface area contributed by atoms with Gasteiger partial charge in [-0.3, -0.25) is 4.79 Å².